The van der Waals surface area contributed by atoms with E-state index in [0.717, 1.165) is 41.9 Å². The molecule has 3 aromatic rings. The van der Waals surface area contributed by atoms with E-state index in [9.17, 15) is 9.18 Å². The molecule has 0 spiro atoms. The van der Waals surface area contributed by atoms with Crippen LogP contribution in [-0.4, -0.2) is 33.9 Å². The Morgan fingerprint density at radius 1 is 1.07 bits per heavy atom. The normalized spacial score (nSPS) is 16.6. The largest absolute Gasteiger partial charge is 0.342 e. The summed E-state index contributed by atoms with van der Waals surface area (Å²) < 4.78 is 13.1. The van der Waals surface area contributed by atoms with Crippen LogP contribution in [0.1, 0.15) is 41.3 Å². The minimum atomic E-state index is -0.228. The summed E-state index contributed by atoms with van der Waals surface area (Å²) in [6.07, 6.45) is 6.54. The lowest BCUT2D eigenvalue weighted by atomic mass is 9.93. The molecule has 1 amide bonds. The zero-order valence-electron chi connectivity index (χ0n) is 16.3. The zero-order valence-corrected chi connectivity index (χ0v) is 16.3. The Labute approximate surface area is 170 Å². The predicted molar refractivity (Wildman–Crippen MR) is 110 cm³/mol. The quantitative estimate of drug-likeness (QED) is 0.658. The molecule has 1 aliphatic rings. The summed E-state index contributed by atoms with van der Waals surface area (Å²) in [7, 11) is 0. The fourth-order valence-corrected chi connectivity index (χ4v) is 3.87. The average molecular weight is 389 g/mol. The van der Waals surface area contributed by atoms with Gasteiger partial charge in [0.1, 0.15) is 5.82 Å². The van der Waals surface area contributed by atoms with Crippen molar-refractivity contribution in [2.24, 2.45) is 0 Å². The molecule has 5 heteroatoms. The molecule has 1 saturated heterocycles. The molecule has 0 N–H and O–H groups in total. The van der Waals surface area contributed by atoms with Gasteiger partial charge in [0.2, 0.25) is 5.91 Å². The van der Waals surface area contributed by atoms with E-state index >= 15 is 0 Å². The van der Waals surface area contributed by atoms with E-state index in [1.54, 1.807) is 24.5 Å². The molecule has 1 unspecified atom stereocenters. The first-order valence-corrected chi connectivity index (χ1v) is 10.0. The molecule has 4 rings (SSSR count). The summed E-state index contributed by atoms with van der Waals surface area (Å²) in [4.78, 5) is 23.6. The molecule has 0 radical (unpaired) electrons. The van der Waals surface area contributed by atoms with E-state index in [4.69, 9.17) is 4.98 Å². The Bertz CT molecular complexity index is 959. The van der Waals surface area contributed by atoms with Crippen molar-refractivity contribution in [2.75, 3.05) is 13.1 Å². The topological polar surface area (TPSA) is 46.1 Å². The van der Waals surface area contributed by atoms with Crippen LogP contribution in [0.2, 0.25) is 0 Å². The van der Waals surface area contributed by atoms with Crippen molar-refractivity contribution in [3.63, 3.8) is 0 Å². The van der Waals surface area contributed by atoms with Gasteiger partial charge in [-0.3, -0.25) is 14.8 Å². The average Bonchev–Trinajstić information content (AvgIpc) is 2.76. The van der Waals surface area contributed by atoms with Crippen molar-refractivity contribution in [3.8, 4) is 0 Å². The van der Waals surface area contributed by atoms with Gasteiger partial charge in [0.25, 0.3) is 0 Å². The first kappa shape index (κ1) is 19.2. The van der Waals surface area contributed by atoms with E-state index in [1.807, 2.05) is 35.2 Å². The molecule has 148 valence electrons. The first-order chi connectivity index (χ1) is 14.2. The number of nitrogens with zero attached hydrogens (tertiary/aromatic N) is 3. The van der Waals surface area contributed by atoms with Gasteiger partial charge >= 0.3 is 0 Å². The van der Waals surface area contributed by atoms with Gasteiger partial charge in [0.05, 0.1) is 6.42 Å². The van der Waals surface area contributed by atoms with Crippen LogP contribution in [0.25, 0.3) is 0 Å². The number of piperidine rings is 1. The van der Waals surface area contributed by atoms with Crippen molar-refractivity contribution in [1.82, 2.24) is 14.9 Å². The van der Waals surface area contributed by atoms with Crippen LogP contribution < -0.4 is 0 Å². The van der Waals surface area contributed by atoms with Crippen molar-refractivity contribution in [1.29, 1.82) is 0 Å². The van der Waals surface area contributed by atoms with Crippen LogP contribution in [0, 0.1) is 5.82 Å². The maximum absolute atomic E-state index is 13.1. The summed E-state index contributed by atoms with van der Waals surface area (Å²) in [5.41, 5.74) is 3.98. The van der Waals surface area contributed by atoms with Crippen LogP contribution in [0.3, 0.4) is 0 Å². The number of likely N-dealkylation sites (tertiary alicyclic amines) is 1. The molecule has 1 atom stereocenters. The van der Waals surface area contributed by atoms with Gasteiger partial charge in [-0.15, -0.1) is 0 Å². The number of carbonyl (C=O) groups is 1. The highest BCUT2D eigenvalue weighted by atomic mass is 19.1. The molecular formula is C24H24FN3O. The first-order valence-electron chi connectivity index (χ1n) is 10.0. The van der Waals surface area contributed by atoms with E-state index < -0.39 is 0 Å². The molecule has 4 nitrogen and oxygen atoms in total. The second-order valence-electron chi connectivity index (χ2n) is 7.57. The standard InChI is InChI=1S/C24H24FN3O/c25-21-10-8-18(9-11-21)14-22-6-1-7-23(27-22)20-5-3-13-28(17-20)24(29)15-19-4-2-12-26-16-19/h1-2,4,6-12,16,20H,3,5,13-15,17H2. The molecule has 0 aliphatic carbocycles. The SMILES string of the molecule is O=C(Cc1cccnc1)N1CCCC(c2cccc(Cc3ccc(F)cc3)n2)C1. The highest BCUT2D eigenvalue weighted by Gasteiger charge is 2.25. The van der Waals surface area contributed by atoms with Crippen LogP contribution >= 0.6 is 0 Å². The molecule has 1 fully saturated rings. The minimum Gasteiger partial charge on any atom is -0.342 e. The second kappa shape index (κ2) is 8.95. The van der Waals surface area contributed by atoms with Gasteiger partial charge in [-0.05, 0) is 54.3 Å². The number of hydrogen-bond acceptors (Lipinski definition) is 3. The van der Waals surface area contributed by atoms with E-state index in [-0.39, 0.29) is 17.6 Å². The predicted octanol–water partition coefficient (Wildman–Crippen LogP) is 4.16. The third kappa shape index (κ3) is 5.05. The Morgan fingerprint density at radius 2 is 1.93 bits per heavy atom. The van der Waals surface area contributed by atoms with Crippen molar-refractivity contribution in [3.05, 3.63) is 95.3 Å². The van der Waals surface area contributed by atoms with Crippen LogP contribution in [-0.2, 0) is 17.6 Å². The van der Waals surface area contributed by atoms with Crippen molar-refractivity contribution < 1.29 is 9.18 Å². The number of aromatic nitrogens is 2. The molecule has 2 aromatic heterocycles. The molecule has 0 saturated carbocycles. The summed E-state index contributed by atoms with van der Waals surface area (Å²) in [6, 6.07) is 16.4. The van der Waals surface area contributed by atoms with Crippen molar-refractivity contribution >= 4 is 5.91 Å². The fourth-order valence-electron chi connectivity index (χ4n) is 3.87. The maximum Gasteiger partial charge on any atom is 0.227 e. The highest BCUT2D eigenvalue weighted by Crippen LogP contribution is 2.26. The smallest absolute Gasteiger partial charge is 0.227 e. The van der Waals surface area contributed by atoms with Gasteiger partial charge in [0, 0.05) is 49.2 Å². The summed E-state index contributed by atoms with van der Waals surface area (Å²) in [5, 5.41) is 0. The highest BCUT2D eigenvalue weighted by molar-refractivity contribution is 5.78. The third-order valence-electron chi connectivity index (χ3n) is 5.40. The number of rotatable bonds is 5. The van der Waals surface area contributed by atoms with E-state index in [0.29, 0.717) is 19.4 Å². The number of pyridine rings is 2. The van der Waals surface area contributed by atoms with E-state index in [1.165, 1.54) is 12.1 Å². The van der Waals surface area contributed by atoms with Crippen LogP contribution in [0.4, 0.5) is 4.39 Å². The molecular weight excluding hydrogens is 365 g/mol. The Morgan fingerprint density at radius 3 is 2.72 bits per heavy atom. The van der Waals surface area contributed by atoms with Crippen molar-refractivity contribution in [2.45, 2.75) is 31.6 Å². The van der Waals surface area contributed by atoms with Gasteiger partial charge in [-0.1, -0.05) is 24.3 Å². The monoisotopic (exact) mass is 389 g/mol. The van der Waals surface area contributed by atoms with Gasteiger partial charge in [-0.2, -0.15) is 0 Å². The van der Waals surface area contributed by atoms with E-state index in [2.05, 4.69) is 4.98 Å². The van der Waals surface area contributed by atoms with Crippen LogP contribution in [0.5, 0.6) is 0 Å². The maximum atomic E-state index is 13.1. The molecule has 29 heavy (non-hydrogen) atoms. The van der Waals surface area contributed by atoms with Gasteiger partial charge in [0.15, 0.2) is 0 Å². The zero-order chi connectivity index (χ0) is 20.1. The number of halogens is 1. The van der Waals surface area contributed by atoms with Crippen LogP contribution in [0.15, 0.2) is 67.0 Å². The Balaban J connectivity index is 1.42. The Kier molecular flexibility index (Phi) is 5.94. The number of amides is 1. The fraction of sp³-hybridized carbons (Fsp3) is 0.292. The lowest BCUT2D eigenvalue weighted by molar-refractivity contribution is -0.131. The number of benzene rings is 1. The molecule has 1 aliphatic heterocycles. The number of carbonyl (C=O) groups excluding carboxylic acids is 1. The third-order valence-corrected chi connectivity index (χ3v) is 5.40. The lowest BCUT2D eigenvalue weighted by Gasteiger charge is -2.32. The second-order valence-corrected chi connectivity index (χ2v) is 7.57. The summed E-state index contributed by atoms with van der Waals surface area (Å²) in [5.74, 6) is 0.161. The molecule has 1 aromatic carbocycles. The molecule has 0 bridgehead atoms. The lowest BCUT2D eigenvalue weighted by Crippen LogP contribution is -2.40. The Hall–Kier alpha value is -3.08. The minimum absolute atomic E-state index is 0.144. The molecule has 3 heterocycles. The van der Waals surface area contributed by atoms with Gasteiger partial charge < -0.3 is 4.90 Å². The summed E-state index contributed by atoms with van der Waals surface area (Å²) >= 11 is 0. The van der Waals surface area contributed by atoms with Gasteiger partial charge in [-0.25, -0.2) is 4.39 Å². The number of hydrogen-bond donors (Lipinski definition) is 0. The summed E-state index contributed by atoms with van der Waals surface area (Å²) in [6.45, 7) is 1.50.